The van der Waals surface area contributed by atoms with Gasteiger partial charge in [-0.05, 0) is 68.1 Å². The lowest BCUT2D eigenvalue weighted by atomic mass is 9.95. The summed E-state index contributed by atoms with van der Waals surface area (Å²) in [6, 6.07) is 21.2. The molecule has 2 fully saturated rings. The topological polar surface area (TPSA) is 56.0 Å². The molecule has 3 heterocycles. The fourth-order valence-electron chi connectivity index (χ4n) is 5.83. The molecule has 0 bridgehead atoms. The van der Waals surface area contributed by atoms with Crippen LogP contribution in [0.15, 0.2) is 66.7 Å². The predicted molar refractivity (Wildman–Crippen MR) is 142 cm³/mol. The zero-order valence-electron chi connectivity index (χ0n) is 20.8. The number of nitrogens with zero attached hydrogens (tertiary/aromatic N) is 5. The van der Waals surface area contributed by atoms with Gasteiger partial charge in [-0.3, -0.25) is 9.48 Å². The number of aryl methyl sites for hydroxylation is 1. The van der Waals surface area contributed by atoms with Gasteiger partial charge in [0.05, 0.1) is 16.6 Å². The average molecular weight is 494 g/mol. The molecule has 2 aromatic heterocycles. The Bertz CT molecular complexity index is 1660. The van der Waals surface area contributed by atoms with Gasteiger partial charge in [-0.15, -0.1) is 0 Å². The number of benzene rings is 3. The number of halogens is 1. The van der Waals surface area contributed by atoms with Crippen molar-refractivity contribution < 1.29 is 9.18 Å². The van der Waals surface area contributed by atoms with E-state index in [1.807, 2.05) is 36.2 Å². The van der Waals surface area contributed by atoms with Gasteiger partial charge in [0.25, 0.3) is 5.91 Å². The van der Waals surface area contributed by atoms with Crippen LogP contribution in [0.5, 0.6) is 0 Å². The minimum absolute atomic E-state index is 0.0459. The first-order valence-corrected chi connectivity index (χ1v) is 13.1. The summed E-state index contributed by atoms with van der Waals surface area (Å²) in [6.45, 7) is 1.44. The second-order valence-corrected chi connectivity index (χ2v) is 10.3. The van der Waals surface area contributed by atoms with Gasteiger partial charge in [0.1, 0.15) is 17.3 Å². The van der Waals surface area contributed by atoms with E-state index in [-0.39, 0.29) is 11.7 Å². The van der Waals surface area contributed by atoms with Gasteiger partial charge in [-0.25, -0.2) is 9.37 Å². The number of hydrogen-bond acceptors (Lipinski definition) is 3. The largest absolute Gasteiger partial charge is 0.339 e. The Hall–Kier alpha value is -4.00. The van der Waals surface area contributed by atoms with Crippen molar-refractivity contribution in [3.8, 4) is 11.3 Å². The molecule has 5 aromatic rings. The molecule has 1 aliphatic heterocycles. The maximum absolute atomic E-state index is 13.8. The Morgan fingerprint density at radius 2 is 1.73 bits per heavy atom. The minimum atomic E-state index is -0.292. The number of carbonyl (C=O) groups is 1. The van der Waals surface area contributed by atoms with Crippen molar-refractivity contribution in [2.24, 2.45) is 7.05 Å². The molecule has 1 saturated heterocycles. The number of hydrogen-bond donors (Lipinski definition) is 0. The molecule has 0 N–H and O–H groups in total. The third-order valence-corrected chi connectivity index (χ3v) is 7.88. The molecule has 0 unspecified atom stereocenters. The molecule has 1 amide bonds. The third kappa shape index (κ3) is 3.80. The molecule has 6 nitrogen and oxygen atoms in total. The summed E-state index contributed by atoms with van der Waals surface area (Å²) in [5.41, 5.74) is 5.27. The normalized spacial score (nSPS) is 16.6. The molecule has 186 valence electrons. The van der Waals surface area contributed by atoms with Crippen molar-refractivity contribution in [1.82, 2.24) is 24.2 Å². The van der Waals surface area contributed by atoms with Gasteiger partial charge in [-0.1, -0.05) is 24.3 Å². The molecule has 7 rings (SSSR count). The lowest BCUT2D eigenvalue weighted by Gasteiger charge is -2.32. The van der Waals surface area contributed by atoms with Crippen LogP contribution in [0.3, 0.4) is 0 Å². The van der Waals surface area contributed by atoms with Crippen LogP contribution in [0.2, 0.25) is 0 Å². The molecule has 2 aliphatic rings. The van der Waals surface area contributed by atoms with Crippen LogP contribution < -0.4 is 0 Å². The van der Waals surface area contributed by atoms with Crippen LogP contribution in [0.25, 0.3) is 33.2 Å². The van der Waals surface area contributed by atoms with Gasteiger partial charge < -0.3 is 9.47 Å². The highest BCUT2D eigenvalue weighted by molar-refractivity contribution is 6.01. The van der Waals surface area contributed by atoms with E-state index in [4.69, 9.17) is 4.98 Å². The maximum atomic E-state index is 13.8. The van der Waals surface area contributed by atoms with Crippen molar-refractivity contribution in [2.45, 2.75) is 37.6 Å². The SMILES string of the molecule is Cn1nc(-c2cccc(F)c2)c2ccc(C(=O)N3CCC(c4nc5ccccc5n4C4CC4)CC3)cc21. The van der Waals surface area contributed by atoms with Gasteiger partial charge in [0.15, 0.2) is 0 Å². The van der Waals surface area contributed by atoms with Crippen LogP contribution in [-0.2, 0) is 7.05 Å². The summed E-state index contributed by atoms with van der Waals surface area (Å²) >= 11 is 0. The van der Waals surface area contributed by atoms with E-state index in [0.717, 1.165) is 53.6 Å². The Morgan fingerprint density at radius 1 is 0.919 bits per heavy atom. The number of imidazole rings is 1. The van der Waals surface area contributed by atoms with Crippen molar-refractivity contribution in [3.05, 3.63) is 83.9 Å². The third-order valence-electron chi connectivity index (χ3n) is 7.88. The highest BCUT2D eigenvalue weighted by Gasteiger charge is 2.33. The smallest absolute Gasteiger partial charge is 0.253 e. The molecular weight excluding hydrogens is 465 g/mol. The summed E-state index contributed by atoms with van der Waals surface area (Å²) < 4.78 is 18.0. The first-order valence-electron chi connectivity index (χ1n) is 13.1. The van der Waals surface area contributed by atoms with Crippen molar-refractivity contribution in [2.75, 3.05) is 13.1 Å². The van der Waals surface area contributed by atoms with Gasteiger partial charge in [0.2, 0.25) is 0 Å². The summed E-state index contributed by atoms with van der Waals surface area (Å²) in [5, 5.41) is 5.52. The number of likely N-dealkylation sites (tertiary alicyclic amines) is 1. The fraction of sp³-hybridized carbons (Fsp3) is 0.300. The number of fused-ring (bicyclic) bond motifs is 2. The van der Waals surface area contributed by atoms with Crippen LogP contribution >= 0.6 is 0 Å². The Morgan fingerprint density at radius 3 is 2.51 bits per heavy atom. The summed E-state index contributed by atoms with van der Waals surface area (Å²) in [4.78, 5) is 20.5. The van der Waals surface area contributed by atoms with E-state index >= 15 is 0 Å². The summed E-state index contributed by atoms with van der Waals surface area (Å²) in [6.07, 6.45) is 4.28. The second kappa shape index (κ2) is 8.54. The standard InChI is InChI=1S/C30H28FN5O/c1-34-27-18-21(9-12-24(27)28(33-34)20-5-4-6-22(31)17-20)30(37)35-15-13-19(14-16-35)29-32-25-7-2-3-8-26(25)36(29)23-10-11-23/h2-9,12,17-19,23H,10-11,13-16H2,1H3. The van der Waals surface area contributed by atoms with E-state index in [0.29, 0.717) is 17.5 Å². The second-order valence-electron chi connectivity index (χ2n) is 10.3. The van der Waals surface area contributed by atoms with Crippen molar-refractivity contribution in [1.29, 1.82) is 0 Å². The van der Waals surface area contributed by atoms with Gasteiger partial charge in [0, 0.05) is 48.6 Å². The first-order chi connectivity index (χ1) is 18.1. The molecule has 37 heavy (non-hydrogen) atoms. The van der Waals surface area contributed by atoms with Gasteiger partial charge in [-0.2, -0.15) is 5.10 Å². The average Bonchev–Trinajstić information content (AvgIpc) is 3.61. The molecule has 7 heteroatoms. The molecule has 0 atom stereocenters. The monoisotopic (exact) mass is 493 g/mol. The maximum Gasteiger partial charge on any atom is 0.253 e. The van der Waals surface area contributed by atoms with E-state index in [1.54, 1.807) is 10.7 Å². The quantitative estimate of drug-likeness (QED) is 0.305. The van der Waals surface area contributed by atoms with Crippen LogP contribution in [-0.4, -0.2) is 43.2 Å². The Kier molecular flexibility index (Phi) is 5.13. The molecule has 1 saturated carbocycles. The number of piperidine rings is 1. The molecular formula is C30H28FN5O. The van der Waals surface area contributed by atoms with Crippen LogP contribution in [0.4, 0.5) is 4.39 Å². The van der Waals surface area contributed by atoms with Crippen LogP contribution in [0.1, 0.15) is 53.8 Å². The molecule has 1 aliphatic carbocycles. The predicted octanol–water partition coefficient (Wildman–Crippen LogP) is 6.08. The molecule has 0 radical (unpaired) electrons. The Labute approximate surface area is 214 Å². The molecule has 0 spiro atoms. The number of carbonyl (C=O) groups excluding carboxylic acids is 1. The summed E-state index contributed by atoms with van der Waals surface area (Å²) in [5.74, 6) is 1.31. The van der Waals surface area contributed by atoms with E-state index in [2.05, 4.69) is 33.9 Å². The zero-order chi connectivity index (χ0) is 25.1. The highest BCUT2D eigenvalue weighted by atomic mass is 19.1. The van der Waals surface area contributed by atoms with E-state index < -0.39 is 0 Å². The lowest BCUT2D eigenvalue weighted by molar-refractivity contribution is 0.0710. The van der Waals surface area contributed by atoms with Crippen LogP contribution in [0, 0.1) is 5.82 Å². The number of amides is 1. The van der Waals surface area contributed by atoms with Crippen molar-refractivity contribution in [3.63, 3.8) is 0 Å². The van der Waals surface area contributed by atoms with E-state index in [1.165, 1.54) is 36.3 Å². The number of para-hydroxylation sites is 2. The van der Waals surface area contributed by atoms with Crippen molar-refractivity contribution >= 4 is 27.8 Å². The molecule has 3 aromatic carbocycles. The Balaban J connectivity index is 1.12. The van der Waals surface area contributed by atoms with Gasteiger partial charge >= 0.3 is 0 Å². The minimum Gasteiger partial charge on any atom is -0.339 e. The fourth-order valence-corrected chi connectivity index (χ4v) is 5.83. The van der Waals surface area contributed by atoms with E-state index in [9.17, 15) is 9.18 Å². The summed E-state index contributed by atoms with van der Waals surface area (Å²) in [7, 11) is 1.86. The highest BCUT2D eigenvalue weighted by Crippen LogP contribution is 2.42. The zero-order valence-corrected chi connectivity index (χ0v) is 20.8. The first kappa shape index (κ1) is 22.2. The number of aromatic nitrogens is 4. The number of rotatable bonds is 4. The lowest BCUT2D eigenvalue weighted by Crippen LogP contribution is -2.38.